The van der Waals surface area contributed by atoms with Crippen molar-refractivity contribution in [2.45, 2.75) is 18.5 Å². The van der Waals surface area contributed by atoms with E-state index in [1.54, 1.807) is 0 Å². The molecule has 1 aromatic carbocycles. The number of benzene rings is 1. The molecule has 0 radical (unpaired) electrons. The van der Waals surface area contributed by atoms with Crippen LogP contribution in [0.5, 0.6) is 0 Å². The Labute approximate surface area is 199 Å². The number of ether oxygens (including phenoxy) is 1. The fraction of sp³-hybridized carbons (Fsp3) is 0.182. The van der Waals surface area contributed by atoms with Crippen molar-refractivity contribution in [3.05, 3.63) is 82.5 Å². The Morgan fingerprint density at radius 1 is 1.20 bits per heavy atom. The summed E-state index contributed by atoms with van der Waals surface area (Å²) in [5.74, 6) is -4.59. The Morgan fingerprint density at radius 3 is 2.46 bits per heavy atom. The molecular formula is C22H15ClF5N5O2. The Balaban J connectivity index is 1.67. The molecule has 1 unspecified atom stereocenters. The highest BCUT2D eigenvalue weighted by molar-refractivity contribution is 6.35. The van der Waals surface area contributed by atoms with E-state index in [1.165, 1.54) is 24.5 Å². The molecule has 182 valence electrons. The van der Waals surface area contributed by atoms with Gasteiger partial charge in [-0.25, -0.2) is 13.8 Å². The van der Waals surface area contributed by atoms with Crippen molar-refractivity contribution in [3.63, 3.8) is 0 Å². The Morgan fingerprint density at radius 2 is 1.86 bits per heavy atom. The minimum Gasteiger partial charge on any atom is -0.345 e. The summed E-state index contributed by atoms with van der Waals surface area (Å²) in [5, 5.41) is 9.39. The number of nitrogens with one attached hydrogen (secondary N) is 1. The number of carbonyl (C=O) groups is 1. The predicted octanol–water partition coefficient (Wildman–Crippen LogP) is 5.05. The molecule has 3 aromatic rings. The van der Waals surface area contributed by atoms with E-state index in [1.807, 2.05) is 0 Å². The first-order valence-corrected chi connectivity index (χ1v) is 10.3. The minimum atomic E-state index is -4.84. The van der Waals surface area contributed by atoms with Crippen LogP contribution in [0.4, 0.5) is 27.6 Å². The van der Waals surface area contributed by atoms with Gasteiger partial charge in [-0.1, -0.05) is 23.7 Å². The van der Waals surface area contributed by atoms with Crippen molar-refractivity contribution in [2.24, 2.45) is 0 Å². The second kappa shape index (κ2) is 9.19. The van der Waals surface area contributed by atoms with Gasteiger partial charge in [0.15, 0.2) is 5.82 Å². The number of hydrogen-bond acceptors (Lipinski definition) is 5. The summed E-state index contributed by atoms with van der Waals surface area (Å²) in [4.78, 5) is 17.3. The van der Waals surface area contributed by atoms with Crippen LogP contribution >= 0.6 is 11.6 Å². The summed E-state index contributed by atoms with van der Waals surface area (Å²) >= 11 is 6.23. The standard InChI is InChI=1S/C22H15ClF5N5O2/c1-35-21(25)10-15(18(23)9-16(21)12-2-4-13(24)5-3-12)20(34)32-14-8-17(22(26,27)28)19(29-11-14)33-30-6-7-31-33/h2-9,11H,10H2,1H3,(H,32,34). The first-order valence-electron chi connectivity index (χ1n) is 9.88. The lowest BCUT2D eigenvalue weighted by atomic mass is 9.88. The average Bonchev–Trinajstić information content (AvgIpc) is 3.35. The lowest BCUT2D eigenvalue weighted by molar-refractivity contribution is -0.137. The summed E-state index contributed by atoms with van der Waals surface area (Å²) in [6, 6.07) is 5.55. The quantitative estimate of drug-likeness (QED) is 0.485. The van der Waals surface area contributed by atoms with Gasteiger partial charge in [0.25, 0.3) is 5.91 Å². The maximum atomic E-state index is 15.7. The van der Waals surface area contributed by atoms with Crippen molar-refractivity contribution in [1.82, 2.24) is 20.0 Å². The van der Waals surface area contributed by atoms with Crippen molar-refractivity contribution >= 4 is 28.8 Å². The highest BCUT2D eigenvalue weighted by Crippen LogP contribution is 2.43. The van der Waals surface area contributed by atoms with Gasteiger partial charge in [-0.2, -0.15) is 23.4 Å². The maximum absolute atomic E-state index is 15.7. The Kier molecular flexibility index (Phi) is 6.43. The zero-order valence-electron chi connectivity index (χ0n) is 17.8. The van der Waals surface area contributed by atoms with E-state index in [9.17, 15) is 22.4 Å². The SMILES string of the molecule is COC1(F)CC(C(=O)Nc2cnc(-n3nccn3)c(C(F)(F)F)c2)=C(Cl)C=C1c1ccc(F)cc1. The number of carbonyl (C=O) groups excluding carboxylic acids is 1. The lowest BCUT2D eigenvalue weighted by Gasteiger charge is -2.31. The van der Waals surface area contributed by atoms with Gasteiger partial charge in [0.2, 0.25) is 5.85 Å². The van der Waals surface area contributed by atoms with Crippen LogP contribution in [-0.4, -0.2) is 38.8 Å². The highest BCUT2D eigenvalue weighted by Gasteiger charge is 2.42. The molecule has 35 heavy (non-hydrogen) atoms. The molecule has 0 fully saturated rings. The predicted molar refractivity (Wildman–Crippen MR) is 116 cm³/mol. The summed E-state index contributed by atoms with van der Waals surface area (Å²) < 4.78 is 74.7. The molecule has 7 nitrogen and oxygen atoms in total. The molecule has 1 N–H and O–H groups in total. The van der Waals surface area contributed by atoms with Crippen molar-refractivity contribution in [2.75, 3.05) is 12.4 Å². The number of anilines is 1. The molecule has 1 amide bonds. The highest BCUT2D eigenvalue weighted by atomic mass is 35.5. The van der Waals surface area contributed by atoms with E-state index in [0.29, 0.717) is 10.9 Å². The summed E-state index contributed by atoms with van der Waals surface area (Å²) in [6.45, 7) is 0. The third kappa shape index (κ3) is 4.93. The minimum absolute atomic E-state index is 0.0429. The third-order valence-electron chi connectivity index (χ3n) is 5.16. The summed E-state index contributed by atoms with van der Waals surface area (Å²) in [6.07, 6.45) is -0.990. The lowest BCUT2D eigenvalue weighted by Crippen LogP contribution is -2.33. The second-order valence-corrected chi connectivity index (χ2v) is 7.77. The molecule has 1 aliphatic rings. The number of alkyl halides is 4. The molecule has 2 heterocycles. The number of halogens is 6. The molecule has 13 heteroatoms. The van der Waals surface area contributed by atoms with E-state index in [2.05, 4.69) is 20.5 Å². The van der Waals surface area contributed by atoms with Crippen molar-refractivity contribution in [1.29, 1.82) is 0 Å². The number of nitrogens with zero attached hydrogens (tertiary/aromatic N) is 4. The van der Waals surface area contributed by atoms with Crippen molar-refractivity contribution in [3.8, 4) is 5.82 Å². The number of allylic oxidation sites excluding steroid dienone is 2. The van der Waals surface area contributed by atoms with Gasteiger partial charge < -0.3 is 10.1 Å². The number of pyridine rings is 1. The second-order valence-electron chi connectivity index (χ2n) is 7.37. The van der Waals surface area contributed by atoms with E-state index >= 15 is 4.39 Å². The molecule has 0 saturated heterocycles. The summed E-state index contributed by atoms with van der Waals surface area (Å²) in [5.41, 5.74) is -1.56. The van der Waals surface area contributed by atoms with Crippen molar-refractivity contribution < 1.29 is 31.5 Å². The third-order valence-corrected chi connectivity index (χ3v) is 5.49. The number of hydrogen-bond donors (Lipinski definition) is 1. The van der Waals surface area contributed by atoms with Gasteiger partial charge in [-0.05, 0) is 29.8 Å². The van der Waals surface area contributed by atoms with E-state index < -0.39 is 41.6 Å². The van der Waals surface area contributed by atoms with Crippen LogP contribution < -0.4 is 5.32 Å². The number of aromatic nitrogens is 4. The average molecular weight is 512 g/mol. The van der Waals surface area contributed by atoms with Gasteiger partial charge in [-0.15, -0.1) is 4.80 Å². The fourth-order valence-corrected chi connectivity index (χ4v) is 3.72. The zero-order valence-corrected chi connectivity index (χ0v) is 18.5. The van der Waals surface area contributed by atoms with Gasteiger partial charge in [0, 0.05) is 29.7 Å². The number of methoxy groups -OCH3 is 1. The first-order chi connectivity index (χ1) is 16.5. The van der Waals surface area contributed by atoms with Crippen LogP contribution in [0, 0.1) is 5.82 Å². The normalized spacial score (nSPS) is 18.4. The van der Waals surface area contributed by atoms with E-state index in [0.717, 1.165) is 31.5 Å². The van der Waals surface area contributed by atoms with Crippen LogP contribution in [0.25, 0.3) is 11.4 Å². The molecule has 0 spiro atoms. The van der Waals surface area contributed by atoms with E-state index in [4.69, 9.17) is 16.3 Å². The number of amides is 1. The Hall–Kier alpha value is -3.64. The van der Waals surface area contributed by atoms with Gasteiger partial charge >= 0.3 is 6.18 Å². The zero-order chi connectivity index (χ0) is 25.4. The van der Waals surface area contributed by atoms with Gasteiger partial charge in [-0.3, -0.25) is 4.79 Å². The van der Waals surface area contributed by atoms with Gasteiger partial charge in [0.1, 0.15) is 11.4 Å². The first kappa shape index (κ1) is 24.5. The fourth-order valence-electron chi connectivity index (χ4n) is 3.45. The van der Waals surface area contributed by atoms with Crippen LogP contribution in [0.2, 0.25) is 0 Å². The van der Waals surface area contributed by atoms with Gasteiger partial charge in [0.05, 0.1) is 24.3 Å². The molecule has 4 rings (SSSR count). The van der Waals surface area contributed by atoms with E-state index in [-0.39, 0.29) is 27.4 Å². The molecule has 2 aromatic heterocycles. The molecule has 0 aliphatic heterocycles. The maximum Gasteiger partial charge on any atom is 0.420 e. The largest absolute Gasteiger partial charge is 0.420 e. The Bertz CT molecular complexity index is 1320. The smallest absolute Gasteiger partial charge is 0.345 e. The number of rotatable bonds is 5. The molecule has 1 aliphatic carbocycles. The molecule has 1 atom stereocenters. The monoisotopic (exact) mass is 511 g/mol. The van der Waals surface area contributed by atoms with Crippen LogP contribution in [0.1, 0.15) is 17.5 Å². The topological polar surface area (TPSA) is 81.9 Å². The summed E-state index contributed by atoms with van der Waals surface area (Å²) in [7, 11) is 1.08. The molecule has 0 saturated carbocycles. The van der Waals surface area contributed by atoms with Crippen LogP contribution in [-0.2, 0) is 15.7 Å². The molecular weight excluding hydrogens is 497 g/mol. The molecule has 0 bridgehead atoms. The van der Waals surface area contributed by atoms with Crippen LogP contribution in [0.3, 0.4) is 0 Å². The van der Waals surface area contributed by atoms with Crippen LogP contribution in [0.15, 0.2) is 65.6 Å².